The molecule has 5 nitrogen and oxygen atoms in total. The van der Waals surface area contributed by atoms with E-state index in [1.54, 1.807) is 0 Å². The summed E-state index contributed by atoms with van der Waals surface area (Å²) in [5.74, 6) is 1.75. The number of nitrogens with zero attached hydrogens (tertiary/aromatic N) is 3. The van der Waals surface area contributed by atoms with E-state index in [0.29, 0.717) is 5.92 Å². The maximum atomic E-state index is 12.8. The number of rotatable bonds is 8. The molecule has 0 bridgehead atoms. The number of nitrogens with one attached hydrogen (secondary N) is 1. The van der Waals surface area contributed by atoms with Crippen molar-refractivity contribution in [3.63, 3.8) is 0 Å². The zero-order valence-corrected chi connectivity index (χ0v) is 18.5. The van der Waals surface area contributed by atoms with Crippen LogP contribution < -0.4 is 5.32 Å². The fourth-order valence-corrected chi connectivity index (χ4v) is 4.49. The predicted octanol–water partition coefficient (Wildman–Crippen LogP) is 5.60. The minimum absolute atomic E-state index is 0.0550. The lowest BCUT2D eigenvalue weighted by atomic mass is 10.0. The number of anilines is 1. The molecule has 6 heteroatoms. The molecule has 3 aromatic carbocycles. The van der Waals surface area contributed by atoms with Gasteiger partial charge in [0.2, 0.25) is 5.91 Å². The molecule has 0 spiro atoms. The largest absolute Gasteiger partial charge is 0.325 e. The summed E-state index contributed by atoms with van der Waals surface area (Å²) in [6, 6.07) is 28.3. The van der Waals surface area contributed by atoms with E-state index < -0.39 is 0 Å². The molecule has 0 atom stereocenters. The number of hydrogen-bond acceptors (Lipinski definition) is 4. The molecule has 160 valence electrons. The van der Waals surface area contributed by atoms with E-state index in [0.717, 1.165) is 47.2 Å². The van der Waals surface area contributed by atoms with E-state index >= 15 is 0 Å². The summed E-state index contributed by atoms with van der Waals surface area (Å²) in [7, 11) is 0. The van der Waals surface area contributed by atoms with Gasteiger partial charge in [-0.3, -0.25) is 4.79 Å². The van der Waals surface area contributed by atoms with Gasteiger partial charge >= 0.3 is 0 Å². The molecule has 0 aliphatic heterocycles. The lowest BCUT2D eigenvalue weighted by Crippen LogP contribution is -2.15. The lowest BCUT2D eigenvalue weighted by Gasteiger charge is -2.12. The summed E-state index contributed by atoms with van der Waals surface area (Å²) in [4.78, 5) is 12.8. The van der Waals surface area contributed by atoms with E-state index in [2.05, 4.69) is 32.2 Å². The number of para-hydroxylation sites is 1. The molecule has 0 radical (unpaired) electrons. The van der Waals surface area contributed by atoms with Crippen molar-refractivity contribution in [1.29, 1.82) is 0 Å². The van der Waals surface area contributed by atoms with E-state index in [-0.39, 0.29) is 11.7 Å². The Hall–Kier alpha value is -3.38. The van der Waals surface area contributed by atoms with Crippen LogP contribution in [0.3, 0.4) is 0 Å². The average molecular weight is 441 g/mol. The first-order valence-electron chi connectivity index (χ1n) is 10.8. The fraction of sp³-hybridized carbons (Fsp3) is 0.192. The number of carbonyl (C=O) groups is 1. The molecule has 1 fully saturated rings. The standard InChI is InChI=1S/C26H24N4OS/c31-24(27-23-14-8-7-13-22(23)20-11-5-2-6-12-20)18-32-26-29-28-25(21-15-16-21)30(26)17-19-9-3-1-4-10-19/h1-14,21H,15-18H2,(H,27,31). The summed E-state index contributed by atoms with van der Waals surface area (Å²) in [6.45, 7) is 0.723. The normalized spacial score (nSPS) is 13.1. The second-order valence-corrected chi connectivity index (χ2v) is 8.88. The van der Waals surface area contributed by atoms with Crippen LogP contribution in [0, 0.1) is 0 Å². The van der Waals surface area contributed by atoms with Gasteiger partial charge in [-0.15, -0.1) is 10.2 Å². The van der Waals surface area contributed by atoms with Crippen molar-refractivity contribution in [2.75, 3.05) is 11.1 Å². The van der Waals surface area contributed by atoms with Crippen LogP contribution in [-0.4, -0.2) is 26.4 Å². The van der Waals surface area contributed by atoms with E-state index in [1.807, 2.05) is 72.8 Å². The second kappa shape index (κ2) is 9.40. The van der Waals surface area contributed by atoms with Crippen molar-refractivity contribution in [3.05, 3.63) is 96.3 Å². The summed E-state index contributed by atoms with van der Waals surface area (Å²) in [5.41, 5.74) is 4.11. The first-order chi connectivity index (χ1) is 15.8. The molecule has 1 heterocycles. The molecule has 0 saturated heterocycles. The molecular formula is C26H24N4OS. The van der Waals surface area contributed by atoms with Crippen LogP contribution in [0.15, 0.2) is 90.1 Å². The molecule has 1 amide bonds. The molecule has 5 rings (SSSR count). The number of thioether (sulfide) groups is 1. The van der Waals surface area contributed by atoms with Crippen LogP contribution in [0.25, 0.3) is 11.1 Å². The molecule has 0 unspecified atom stereocenters. The number of hydrogen-bond donors (Lipinski definition) is 1. The summed E-state index contributed by atoms with van der Waals surface area (Å²) < 4.78 is 2.17. The van der Waals surface area contributed by atoms with Crippen LogP contribution >= 0.6 is 11.8 Å². The van der Waals surface area contributed by atoms with Crippen molar-refractivity contribution < 1.29 is 4.79 Å². The maximum Gasteiger partial charge on any atom is 0.234 e. The monoisotopic (exact) mass is 440 g/mol. The first kappa shape index (κ1) is 20.5. The topological polar surface area (TPSA) is 59.8 Å². The van der Waals surface area contributed by atoms with Gasteiger partial charge in [0.05, 0.1) is 12.3 Å². The zero-order valence-electron chi connectivity index (χ0n) is 17.6. The zero-order chi connectivity index (χ0) is 21.8. The Balaban J connectivity index is 1.29. The third-order valence-electron chi connectivity index (χ3n) is 5.49. The van der Waals surface area contributed by atoms with Crippen molar-refractivity contribution in [2.24, 2.45) is 0 Å². The van der Waals surface area contributed by atoms with Gasteiger partial charge in [0.15, 0.2) is 5.16 Å². The van der Waals surface area contributed by atoms with Gasteiger partial charge in [-0.25, -0.2) is 0 Å². The highest BCUT2D eigenvalue weighted by Gasteiger charge is 2.30. The Bertz CT molecular complexity index is 1200. The van der Waals surface area contributed by atoms with Crippen LogP contribution in [0.2, 0.25) is 0 Å². The fourth-order valence-electron chi connectivity index (χ4n) is 3.74. The van der Waals surface area contributed by atoms with Crippen LogP contribution in [0.4, 0.5) is 5.69 Å². The Labute approximate surface area is 191 Å². The predicted molar refractivity (Wildman–Crippen MR) is 129 cm³/mol. The van der Waals surface area contributed by atoms with Crippen LogP contribution in [-0.2, 0) is 11.3 Å². The Morgan fingerprint density at radius 2 is 1.59 bits per heavy atom. The van der Waals surface area contributed by atoms with E-state index in [9.17, 15) is 4.79 Å². The summed E-state index contributed by atoms with van der Waals surface area (Å²) in [6.07, 6.45) is 2.32. The molecule has 1 saturated carbocycles. The quantitative estimate of drug-likeness (QED) is 0.362. The molecule has 4 aromatic rings. The number of benzene rings is 3. The molecular weight excluding hydrogens is 416 g/mol. The SMILES string of the molecule is O=C(CSc1nnc(C2CC2)n1Cc1ccccc1)Nc1ccccc1-c1ccccc1. The number of amides is 1. The van der Waals surface area contributed by atoms with Gasteiger partial charge < -0.3 is 9.88 Å². The van der Waals surface area contributed by atoms with Crippen molar-refractivity contribution in [1.82, 2.24) is 14.8 Å². The second-order valence-electron chi connectivity index (χ2n) is 7.94. The third-order valence-corrected chi connectivity index (χ3v) is 6.46. The van der Waals surface area contributed by atoms with E-state index in [4.69, 9.17) is 0 Å². The molecule has 1 aliphatic carbocycles. The van der Waals surface area contributed by atoms with Crippen LogP contribution in [0.5, 0.6) is 0 Å². The van der Waals surface area contributed by atoms with Crippen molar-refractivity contribution >= 4 is 23.4 Å². The smallest absolute Gasteiger partial charge is 0.234 e. The van der Waals surface area contributed by atoms with Gasteiger partial charge in [-0.2, -0.15) is 0 Å². The molecule has 1 N–H and O–H groups in total. The highest BCUT2D eigenvalue weighted by Crippen LogP contribution is 2.40. The third kappa shape index (κ3) is 4.75. The van der Waals surface area contributed by atoms with E-state index in [1.165, 1.54) is 17.3 Å². The number of carbonyl (C=O) groups excluding carboxylic acids is 1. The average Bonchev–Trinajstić information content (AvgIpc) is 3.61. The van der Waals surface area contributed by atoms with Gasteiger partial charge in [0.1, 0.15) is 5.82 Å². The first-order valence-corrected chi connectivity index (χ1v) is 11.8. The van der Waals surface area contributed by atoms with Gasteiger partial charge in [-0.1, -0.05) is 90.6 Å². The maximum absolute atomic E-state index is 12.8. The minimum atomic E-state index is -0.0550. The Kier molecular flexibility index (Phi) is 6.03. The Morgan fingerprint density at radius 3 is 2.34 bits per heavy atom. The summed E-state index contributed by atoms with van der Waals surface area (Å²) >= 11 is 1.44. The highest BCUT2D eigenvalue weighted by molar-refractivity contribution is 7.99. The van der Waals surface area contributed by atoms with Crippen molar-refractivity contribution in [3.8, 4) is 11.1 Å². The molecule has 1 aliphatic rings. The van der Waals surface area contributed by atoms with Gasteiger partial charge in [0, 0.05) is 17.2 Å². The van der Waals surface area contributed by atoms with Crippen molar-refractivity contribution in [2.45, 2.75) is 30.5 Å². The highest BCUT2D eigenvalue weighted by atomic mass is 32.2. The van der Waals surface area contributed by atoms with Crippen LogP contribution in [0.1, 0.15) is 30.1 Å². The number of aromatic nitrogens is 3. The summed E-state index contributed by atoms with van der Waals surface area (Å²) in [5, 5.41) is 12.7. The molecule has 32 heavy (non-hydrogen) atoms. The Morgan fingerprint density at radius 1 is 0.906 bits per heavy atom. The van der Waals surface area contributed by atoms with Gasteiger partial charge in [-0.05, 0) is 30.0 Å². The lowest BCUT2D eigenvalue weighted by molar-refractivity contribution is -0.113. The minimum Gasteiger partial charge on any atom is -0.325 e. The van der Waals surface area contributed by atoms with Gasteiger partial charge in [0.25, 0.3) is 0 Å². The molecule has 1 aromatic heterocycles.